The minimum atomic E-state index is -1.69. The molecule has 0 radical (unpaired) electrons. The number of esters is 1. The van der Waals surface area contributed by atoms with Crippen molar-refractivity contribution in [2.75, 3.05) is 79.4 Å². The molecule has 2 heterocycles. The number of carbonyl (C=O) groups is 5. The Kier molecular flexibility index (Phi) is 20.6. The Balaban J connectivity index is 1.41. The van der Waals surface area contributed by atoms with Crippen LogP contribution in [-0.4, -0.2) is 221 Å². The topological polar surface area (TPSA) is 333 Å². The van der Waals surface area contributed by atoms with E-state index in [9.17, 15) is 64.8 Å². The Bertz CT molecular complexity index is 1850. The van der Waals surface area contributed by atoms with Crippen molar-refractivity contribution >= 4 is 29.8 Å². The van der Waals surface area contributed by atoms with Gasteiger partial charge in [0.1, 0.15) is 75.0 Å². The van der Waals surface area contributed by atoms with Gasteiger partial charge in [-0.3, -0.25) is 24.1 Å². The molecule has 0 aromatic rings. The monoisotopic (exact) mass is 926 g/mol. The molecule has 4 amide bonds. The zero-order valence-electron chi connectivity index (χ0n) is 36.7. The Morgan fingerprint density at radius 3 is 1.72 bits per heavy atom. The second kappa shape index (κ2) is 25.3. The SMILES string of the molecule is COC(=O)CN(CC(=O)NCCO[C@H]1O[C@H](CO)[C@@H](O)[C@H](O)[C@@H]1O)C(=O)CN(CC(=O)NCCO[C@H]1O[C@H](CO)[C@@H](O)[C@H](O)[C@@H]1O)C(=O)OCCc1ccc(C(C)C)cc2c(C)ccc1-2. The molecule has 0 aromatic carbocycles. The van der Waals surface area contributed by atoms with Crippen LogP contribution in [0.4, 0.5) is 4.79 Å². The van der Waals surface area contributed by atoms with E-state index in [1.54, 1.807) is 0 Å². The fraction of sp³-hybridized carbons (Fsp3) is 0.643. The molecular formula is C42H62N4O19. The van der Waals surface area contributed by atoms with Crippen LogP contribution in [0, 0.1) is 6.92 Å². The summed E-state index contributed by atoms with van der Waals surface area (Å²) in [5.41, 5.74) is 5.04. The van der Waals surface area contributed by atoms with Gasteiger partial charge < -0.3 is 84.8 Å². The summed E-state index contributed by atoms with van der Waals surface area (Å²) in [6.45, 7) is 0.418. The number of carbonyl (C=O) groups excluding carboxylic acids is 5. The average molecular weight is 927 g/mol. The molecule has 10 atom stereocenters. The van der Waals surface area contributed by atoms with Crippen LogP contribution in [0.3, 0.4) is 0 Å². The van der Waals surface area contributed by atoms with Crippen molar-refractivity contribution in [3.05, 3.63) is 47.0 Å². The van der Waals surface area contributed by atoms with Crippen molar-refractivity contribution in [2.24, 2.45) is 0 Å². The van der Waals surface area contributed by atoms with Gasteiger partial charge in [0.25, 0.3) is 0 Å². The van der Waals surface area contributed by atoms with Crippen LogP contribution in [0.2, 0.25) is 0 Å². The summed E-state index contributed by atoms with van der Waals surface area (Å²) in [5, 5.41) is 84.1. The van der Waals surface area contributed by atoms with Crippen LogP contribution < -0.4 is 10.6 Å². The molecule has 0 saturated carbocycles. The van der Waals surface area contributed by atoms with E-state index in [1.807, 2.05) is 31.2 Å². The van der Waals surface area contributed by atoms with Crippen LogP contribution in [0.5, 0.6) is 0 Å². The lowest BCUT2D eigenvalue weighted by Crippen LogP contribution is -2.59. The van der Waals surface area contributed by atoms with Gasteiger partial charge in [0.15, 0.2) is 12.6 Å². The van der Waals surface area contributed by atoms with Crippen molar-refractivity contribution in [2.45, 2.75) is 94.5 Å². The van der Waals surface area contributed by atoms with Gasteiger partial charge in [-0.15, -0.1) is 0 Å². The fourth-order valence-corrected chi connectivity index (χ4v) is 6.99. The van der Waals surface area contributed by atoms with Gasteiger partial charge in [-0.05, 0) is 40.7 Å². The number of aryl methyl sites for hydroxylation is 1. The third-order valence-corrected chi connectivity index (χ3v) is 10.9. The maximum absolute atomic E-state index is 13.8. The largest absolute Gasteiger partial charge is 0.468 e. The number of aliphatic hydroxyl groups excluding tert-OH is 8. The number of amides is 4. The van der Waals surface area contributed by atoms with Crippen LogP contribution in [0.1, 0.15) is 36.5 Å². The van der Waals surface area contributed by atoms with Crippen molar-refractivity contribution in [3.8, 4) is 11.1 Å². The predicted octanol–water partition coefficient (Wildman–Crippen LogP) is -3.93. The van der Waals surface area contributed by atoms with Crippen LogP contribution in [0.15, 0.2) is 30.3 Å². The van der Waals surface area contributed by atoms with Gasteiger partial charge in [0, 0.05) is 19.5 Å². The van der Waals surface area contributed by atoms with Gasteiger partial charge in [-0.25, -0.2) is 4.79 Å². The lowest BCUT2D eigenvalue weighted by molar-refractivity contribution is -0.300. The van der Waals surface area contributed by atoms with Crippen molar-refractivity contribution in [1.82, 2.24) is 20.4 Å². The predicted molar refractivity (Wildman–Crippen MR) is 223 cm³/mol. The van der Waals surface area contributed by atoms with E-state index in [-0.39, 0.29) is 45.2 Å². The summed E-state index contributed by atoms with van der Waals surface area (Å²) in [6.07, 6.45) is -16.2. The summed E-state index contributed by atoms with van der Waals surface area (Å²) >= 11 is 0. The van der Waals surface area contributed by atoms with E-state index in [4.69, 9.17) is 28.4 Å². The van der Waals surface area contributed by atoms with Gasteiger partial charge in [-0.2, -0.15) is 0 Å². The quantitative estimate of drug-likeness (QED) is 0.0398. The number of rotatable bonds is 22. The highest BCUT2D eigenvalue weighted by Gasteiger charge is 2.45. The van der Waals surface area contributed by atoms with E-state index in [0.29, 0.717) is 0 Å². The van der Waals surface area contributed by atoms with Crippen molar-refractivity contribution in [1.29, 1.82) is 0 Å². The molecule has 0 unspecified atom stereocenters. The zero-order chi connectivity index (χ0) is 48.0. The van der Waals surface area contributed by atoms with Crippen molar-refractivity contribution in [3.63, 3.8) is 0 Å². The molecule has 2 fully saturated rings. The number of hydrogen-bond donors (Lipinski definition) is 10. The fourth-order valence-electron chi connectivity index (χ4n) is 6.99. The Morgan fingerprint density at radius 1 is 0.677 bits per heavy atom. The molecule has 10 N–H and O–H groups in total. The minimum absolute atomic E-state index is 0.169. The van der Waals surface area contributed by atoms with Gasteiger partial charge in [0.05, 0.1) is 40.1 Å². The number of ether oxygens (including phenoxy) is 6. The van der Waals surface area contributed by atoms with Crippen LogP contribution in [-0.2, 0) is 54.0 Å². The summed E-state index contributed by atoms with van der Waals surface area (Å²) < 4.78 is 31.6. The smallest absolute Gasteiger partial charge is 0.410 e. The van der Waals surface area contributed by atoms with E-state index in [0.717, 1.165) is 44.7 Å². The number of methoxy groups -OCH3 is 1. The first-order valence-corrected chi connectivity index (χ1v) is 21.1. The van der Waals surface area contributed by atoms with Crippen LogP contribution >= 0.6 is 0 Å². The molecule has 0 aromatic heterocycles. The summed E-state index contributed by atoms with van der Waals surface area (Å²) in [5.74, 6) is -3.27. The molecule has 2 aliphatic heterocycles. The highest BCUT2D eigenvalue weighted by atomic mass is 16.7. The highest BCUT2D eigenvalue weighted by molar-refractivity contribution is 5.91. The Morgan fingerprint density at radius 2 is 1.22 bits per heavy atom. The summed E-state index contributed by atoms with van der Waals surface area (Å²) in [7, 11) is 1.05. The molecule has 2 aliphatic carbocycles. The third-order valence-electron chi connectivity index (χ3n) is 10.9. The lowest BCUT2D eigenvalue weighted by Gasteiger charge is -2.39. The summed E-state index contributed by atoms with van der Waals surface area (Å²) in [6, 6.07) is 10.0. The first-order chi connectivity index (χ1) is 30.9. The first kappa shape index (κ1) is 53.0. The Labute approximate surface area is 375 Å². The zero-order valence-corrected chi connectivity index (χ0v) is 36.7. The number of fused-ring (bicyclic) bond motifs is 1. The van der Waals surface area contributed by atoms with E-state index < -0.39 is 131 Å². The Hall–Kier alpha value is -4.63. The third kappa shape index (κ3) is 14.7. The average Bonchev–Trinajstić information content (AvgIpc) is 3.53. The molecule has 65 heavy (non-hydrogen) atoms. The lowest BCUT2D eigenvalue weighted by atomic mass is 9.99. The molecule has 0 spiro atoms. The first-order valence-electron chi connectivity index (χ1n) is 21.1. The highest BCUT2D eigenvalue weighted by Crippen LogP contribution is 2.33. The minimum Gasteiger partial charge on any atom is -0.468 e. The van der Waals surface area contributed by atoms with Gasteiger partial charge >= 0.3 is 12.1 Å². The maximum Gasteiger partial charge on any atom is 0.410 e. The van der Waals surface area contributed by atoms with E-state index in [1.165, 1.54) is 0 Å². The molecular weight excluding hydrogens is 864 g/mol. The molecule has 23 nitrogen and oxygen atoms in total. The standard InChI is InChI=1S/C42H62N4O19/c1-22(2)25-7-6-24(26-8-5-23(3)27(26)15-25)9-12-63-42(59)46(17-31(50)44-11-14-62-41-39(58)37(56)35(54)29(21-48)65-41)18-32(51)45(19-33(52)60-4)16-30(49)43-10-13-61-40-38(57)36(55)34(53)28(20-47)64-40/h5-8,15,22,28-29,34-41,47-48,53-58H,9-14,16-21H2,1-4H3,(H,43,49)(H,44,50)/t28-,29-,34-,35-,36+,37+,38+,39+,40+,41+/m1/s1. The molecule has 23 heteroatoms. The molecule has 364 valence electrons. The number of hydrogen-bond acceptors (Lipinski definition) is 19. The van der Waals surface area contributed by atoms with Gasteiger partial charge in [-0.1, -0.05) is 44.2 Å². The molecule has 4 aliphatic rings. The normalized spacial score (nSPS) is 25.5. The second-order valence-electron chi connectivity index (χ2n) is 15.9. The number of nitrogens with one attached hydrogen (secondary N) is 2. The van der Waals surface area contributed by atoms with Gasteiger partial charge in [0.2, 0.25) is 17.7 Å². The number of aliphatic hydroxyl groups is 8. The van der Waals surface area contributed by atoms with E-state index in [2.05, 4.69) is 30.5 Å². The summed E-state index contributed by atoms with van der Waals surface area (Å²) in [4.78, 5) is 67.5. The molecule has 4 rings (SSSR count). The second-order valence-corrected chi connectivity index (χ2v) is 15.9. The van der Waals surface area contributed by atoms with Crippen LogP contribution in [0.25, 0.3) is 11.1 Å². The maximum atomic E-state index is 13.8. The van der Waals surface area contributed by atoms with Crippen molar-refractivity contribution < 1.29 is 93.2 Å². The molecule has 0 bridgehead atoms. The number of nitrogens with zero attached hydrogens (tertiary/aromatic N) is 2. The molecule has 2 saturated heterocycles. The van der Waals surface area contributed by atoms with E-state index >= 15 is 0 Å².